The smallest absolute Gasteiger partial charge is 0.462 e. The molecule has 0 saturated carbocycles. The Morgan fingerprint density at radius 2 is 1.02 bits per heavy atom. The summed E-state index contributed by atoms with van der Waals surface area (Å²) >= 11 is 0. The highest BCUT2D eigenvalue weighted by Gasteiger charge is 2.27. The molecule has 0 radical (unpaired) electrons. The molecule has 332 valence electrons. The van der Waals surface area contributed by atoms with Crippen LogP contribution < -0.4 is 0 Å². The quantitative estimate of drug-likeness (QED) is 0.0201. The predicted molar refractivity (Wildman–Crippen MR) is 230 cm³/mol. The Balaban J connectivity index is 4.37. The fourth-order valence-electron chi connectivity index (χ4n) is 5.78. The van der Waals surface area contributed by atoms with E-state index in [1.54, 1.807) is 0 Å². The summed E-state index contributed by atoms with van der Waals surface area (Å²) in [5, 5.41) is 27.6. The van der Waals surface area contributed by atoms with E-state index in [2.05, 4.69) is 54.8 Å². The molecule has 0 aliphatic carbocycles. The van der Waals surface area contributed by atoms with Gasteiger partial charge in [0.05, 0.1) is 25.9 Å². The lowest BCUT2D eigenvalue weighted by atomic mass is 10.0. The zero-order valence-corrected chi connectivity index (χ0v) is 36.7. The van der Waals surface area contributed by atoms with Crippen molar-refractivity contribution in [3.63, 3.8) is 0 Å². The van der Waals surface area contributed by atoms with Gasteiger partial charge in [-0.15, -0.1) is 0 Å². The van der Waals surface area contributed by atoms with Crippen LogP contribution in [0.25, 0.3) is 0 Å². The number of phosphoric acid groups is 1. The van der Waals surface area contributed by atoms with Crippen LogP contribution in [-0.4, -0.2) is 76.9 Å². The Hall–Kier alpha value is -2.11. The number of hydrogen-bond acceptors (Lipinski definition) is 10. The van der Waals surface area contributed by atoms with Crippen LogP contribution in [0, 0.1) is 5.92 Å². The second-order valence-electron chi connectivity index (χ2n) is 15.5. The lowest BCUT2D eigenvalue weighted by Gasteiger charge is -2.20. The topological polar surface area (TPSA) is 169 Å². The van der Waals surface area contributed by atoms with Crippen LogP contribution in [0.3, 0.4) is 0 Å². The minimum atomic E-state index is -4.64. The Morgan fingerprint density at radius 1 is 0.561 bits per heavy atom. The van der Waals surface area contributed by atoms with Gasteiger partial charge in [0.2, 0.25) is 0 Å². The van der Waals surface area contributed by atoms with Crippen LogP contribution in [0.4, 0.5) is 0 Å². The molecule has 0 aromatic rings. The van der Waals surface area contributed by atoms with Crippen LogP contribution in [0.2, 0.25) is 0 Å². The van der Waals surface area contributed by atoms with Gasteiger partial charge in [-0.25, -0.2) is 4.57 Å². The summed E-state index contributed by atoms with van der Waals surface area (Å²) in [5.74, 6) is -0.197. The van der Waals surface area contributed by atoms with Crippen LogP contribution >= 0.6 is 7.82 Å². The number of esters is 2. The molecule has 0 amide bonds. The van der Waals surface area contributed by atoms with Crippen molar-refractivity contribution in [2.75, 3.05) is 26.4 Å². The number of unbranched alkanes of at least 4 members (excludes halogenated alkanes) is 14. The number of rotatable bonds is 40. The molecular formula is C45H81O11P. The summed E-state index contributed by atoms with van der Waals surface area (Å²) in [5.41, 5.74) is 0. The van der Waals surface area contributed by atoms with Gasteiger partial charge < -0.3 is 29.7 Å². The number of hydrogen-bond donors (Lipinski definition) is 4. The van der Waals surface area contributed by atoms with E-state index in [0.717, 1.165) is 63.7 Å². The Morgan fingerprint density at radius 3 is 1.53 bits per heavy atom. The highest BCUT2D eigenvalue weighted by molar-refractivity contribution is 7.47. The van der Waals surface area contributed by atoms with Crippen molar-refractivity contribution >= 4 is 19.8 Å². The van der Waals surface area contributed by atoms with E-state index >= 15 is 0 Å². The molecule has 0 aromatic heterocycles. The molecule has 0 rings (SSSR count). The lowest BCUT2D eigenvalue weighted by molar-refractivity contribution is -0.161. The third-order valence-corrected chi connectivity index (χ3v) is 10.1. The van der Waals surface area contributed by atoms with E-state index in [1.165, 1.54) is 64.2 Å². The zero-order valence-electron chi connectivity index (χ0n) is 35.8. The van der Waals surface area contributed by atoms with Gasteiger partial charge in [0.1, 0.15) is 12.7 Å². The third-order valence-electron chi connectivity index (χ3n) is 9.18. The summed E-state index contributed by atoms with van der Waals surface area (Å²) in [6.07, 6.45) is 37.9. The second-order valence-corrected chi connectivity index (χ2v) is 16.9. The first-order chi connectivity index (χ1) is 27.4. The molecule has 0 aliphatic heterocycles. The maximum absolute atomic E-state index is 12.6. The van der Waals surface area contributed by atoms with Crippen molar-refractivity contribution < 1.29 is 52.9 Å². The number of carbonyl (C=O) groups is 2. The average molecular weight is 829 g/mol. The summed E-state index contributed by atoms with van der Waals surface area (Å²) in [6.45, 7) is 4.19. The first-order valence-corrected chi connectivity index (χ1v) is 23.5. The Kier molecular flexibility index (Phi) is 37.9. The lowest BCUT2D eigenvalue weighted by Crippen LogP contribution is -2.29. The van der Waals surface area contributed by atoms with Gasteiger partial charge in [-0.3, -0.25) is 18.6 Å². The number of aliphatic hydroxyl groups excluding tert-OH is 3. The van der Waals surface area contributed by atoms with E-state index < -0.39 is 51.8 Å². The van der Waals surface area contributed by atoms with E-state index in [0.29, 0.717) is 19.3 Å². The maximum Gasteiger partial charge on any atom is 0.472 e. The highest BCUT2D eigenvalue weighted by atomic mass is 31.2. The molecule has 12 heteroatoms. The van der Waals surface area contributed by atoms with Crippen molar-refractivity contribution in [3.8, 4) is 0 Å². The SMILES string of the molecule is CC(C)CCCCCCCCCCCCCCCC(=O)O[C@H](COC(=O)CCC/C=C\C/C=C\C/C=C\C/C=C\CCC[C@@H](C)O)COP(=O)(O)OC[C@@H](O)CO. The van der Waals surface area contributed by atoms with Gasteiger partial charge in [-0.05, 0) is 70.6 Å². The summed E-state index contributed by atoms with van der Waals surface area (Å²) in [4.78, 5) is 35.0. The molecule has 0 heterocycles. The van der Waals surface area contributed by atoms with E-state index in [4.69, 9.17) is 19.1 Å². The summed E-state index contributed by atoms with van der Waals surface area (Å²) in [6, 6.07) is 0. The van der Waals surface area contributed by atoms with Gasteiger partial charge in [-0.2, -0.15) is 0 Å². The van der Waals surface area contributed by atoms with Crippen molar-refractivity contribution in [1.29, 1.82) is 0 Å². The number of ether oxygens (including phenoxy) is 2. The first kappa shape index (κ1) is 54.9. The van der Waals surface area contributed by atoms with Gasteiger partial charge in [-0.1, -0.05) is 146 Å². The summed E-state index contributed by atoms with van der Waals surface area (Å²) < 4.78 is 32.7. The second kappa shape index (κ2) is 39.4. The number of aliphatic hydroxyl groups is 3. The monoisotopic (exact) mass is 829 g/mol. The first-order valence-electron chi connectivity index (χ1n) is 22.0. The molecule has 0 aliphatic rings. The number of phosphoric ester groups is 1. The predicted octanol–water partition coefficient (Wildman–Crippen LogP) is 10.6. The van der Waals surface area contributed by atoms with Crippen molar-refractivity contribution in [3.05, 3.63) is 48.6 Å². The Bertz CT molecular complexity index is 1120. The normalized spacial score (nSPS) is 14.9. The van der Waals surface area contributed by atoms with Crippen LogP contribution in [-0.2, 0) is 32.7 Å². The molecule has 0 spiro atoms. The molecule has 0 aromatic carbocycles. The van der Waals surface area contributed by atoms with Gasteiger partial charge in [0.25, 0.3) is 0 Å². The number of allylic oxidation sites excluding steroid dienone is 8. The van der Waals surface area contributed by atoms with Crippen LogP contribution in [0.15, 0.2) is 48.6 Å². The molecular weight excluding hydrogens is 747 g/mol. The maximum atomic E-state index is 12.6. The zero-order chi connectivity index (χ0) is 42.2. The van der Waals surface area contributed by atoms with Crippen molar-refractivity contribution in [2.24, 2.45) is 5.92 Å². The average Bonchev–Trinajstić information content (AvgIpc) is 3.17. The minimum absolute atomic E-state index is 0.153. The van der Waals surface area contributed by atoms with Gasteiger partial charge in [0.15, 0.2) is 6.10 Å². The Labute approximate surface area is 346 Å². The van der Waals surface area contributed by atoms with Crippen LogP contribution in [0.5, 0.6) is 0 Å². The molecule has 4 atom stereocenters. The van der Waals surface area contributed by atoms with Gasteiger partial charge >= 0.3 is 19.8 Å². The fourth-order valence-corrected chi connectivity index (χ4v) is 6.57. The van der Waals surface area contributed by atoms with E-state index in [9.17, 15) is 29.3 Å². The van der Waals surface area contributed by atoms with Gasteiger partial charge in [0, 0.05) is 12.8 Å². The fraction of sp³-hybridized carbons (Fsp3) is 0.778. The molecule has 57 heavy (non-hydrogen) atoms. The third kappa shape index (κ3) is 41.8. The molecule has 0 saturated heterocycles. The molecule has 1 unspecified atom stereocenters. The van der Waals surface area contributed by atoms with Crippen molar-refractivity contribution in [1.82, 2.24) is 0 Å². The summed E-state index contributed by atoms with van der Waals surface area (Å²) in [7, 11) is -4.64. The molecule has 11 nitrogen and oxygen atoms in total. The van der Waals surface area contributed by atoms with Crippen LogP contribution in [0.1, 0.15) is 175 Å². The minimum Gasteiger partial charge on any atom is -0.462 e. The molecule has 0 fully saturated rings. The molecule has 4 N–H and O–H groups in total. The number of carbonyl (C=O) groups excluding carboxylic acids is 2. The molecule has 0 bridgehead atoms. The largest absolute Gasteiger partial charge is 0.472 e. The van der Waals surface area contributed by atoms with E-state index in [-0.39, 0.29) is 25.6 Å². The van der Waals surface area contributed by atoms with Crippen molar-refractivity contribution in [2.45, 2.75) is 193 Å². The standard InChI is InChI=1S/C45H81O11P/c1-40(2)32-28-24-20-16-12-8-7-11-15-19-23-27-31-35-45(50)56-43(39-55-57(51,52)54-37-42(48)36-46)38-53-44(49)34-30-26-22-18-14-10-6-4-5-9-13-17-21-25-29-33-41(3)47/h5-6,9-10,17-18,21-22,40-43,46-48H,4,7-8,11-16,19-20,23-39H2,1-3H3,(H,51,52)/b9-5-,10-6-,21-17-,22-18-/t41-,42+,43-/m1/s1. The highest BCUT2D eigenvalue weighted by Crippen LogP contribution is 2.43. The van der Waals surface area contributed by atoms with E-state index in [1.807, 2.05) is 19.1 Å².